The average molecular weight is 319 g/mol. The number of nitrogen functional groups attached to an aromatic ring is 1. The van der Waals surface area contributed by atoms with Gasteiger partial charge in [-0.3, -0.25) is 0 Å². The summed E-state index contributed by atoms with van der Waals surface area (Å²) in [5, 5.41) is 0. The molecular formula is C16H19BrN2. The maximum atomic E-state index is 5.94. The largest absolute Gasteiger partial charge is 0.398 e. The van der Waals surface area contributed by atoms with Crippen LogP contribution in [0, 0.1) is 6.92 Å². The van der Waals surface area contributed by atoms with Gasteiger partial charge >= 0.3 is 0 Å². The highest BCUT2D eigenvalue weighted by Gasteiger charge is 2.06. The highest BCUT2D eigenvalue weighted by Crippen LogP contribution is 2.23. The van der Waals surface area contributed by atoms with Crippen LogP contribution in [-0.2, 0) is 6.54 Å². The van der Waals surface area contributed by atoms with Crippen LogP contribution in [0.2, 0.25) is 0 Å². The molecule has 0 aliphatic carbocycles. The minimum Gasteiger partial charge on any atom is -0.398 e. The zero-order valence-electron chi connectivity index (χ0n) is 11.4. The summed E-state index contributed by atoms with van der Waals surface area (Å²) in [6, 6.07) is 14.7. The van der Waals surface area contributed by atoms with Crippen molar-refractivity contribution in [2.75, 3.05) is 17.2 Å². The van der Waals surface area contributed by atoms with Crippen LogP contribution in [0.3, 0.4) is 0 Å². The molecule has 2 nitrogen and oxygen atoms in total. The van der Waals surface area contributed by atoms with Crippen molar-refractivity contribution in [2.45, 2.75) is 20.4 Å². The van der Waals surface area contributed by atoms with Crippen molar-refractivity contribution >= 4 is 27.3 Å². The zero-order valence-corrected chi connectivity index (χ0v) is 12.9. The second kappa shape index (κ2) is 6.11. The van der Waals surface area contributed by atoms with E-state index in [0.29, 0.717) is 0 Å². The minimum absolute atomic E-state index is 0.790. The lowest BCUT2D eigenvalue weighted by Gasteiger charge is -2.24. The van der Waals surface area contributed by atoms with Gasteiger partial charge in [-0.25, -0.2) is 0 Å². The molecule has 0 aliphatic heterocycles. The third-order valence-electron chi connectivity index (χ3n) is 3.18. The van der Waals surface area contributed by atoms with Gasteiger partial charge in [0.25, 0.3) is 0 Å². The third-order valence-corrected chi connectivity index (χ3v) is 3.90. The molecule has 0 aliphatic rings. The SMILES string of the molecule is CCN(Cc1ccc(Br)c(N)c1)c1cccc(C)c1. The van der Waals surface area contributed by atoms with Crippen LogP contribution in [0.4, 0.5) is 11.4 Å². The van der Waals surface area contributed by atoms with E-state index >= 15 is 0 Å². The summed E-state index contributed by atoms with van der Waals surface area (Å²) in [5.74, 6) is 0. The van der Waals surface area contributed by atoms with E-state index in [1.165, 1.54) is 16.8 Å². The molecule has 0 fully saturated rings. The van der Waals surface area contributed by atoms with Crippen molar-refractivity contribution in [1.82, 2.24) is 0 Å². The quantitative estimate of drug-likeness (QED) is 0.848. The Balaban J connectivity index is 2.21. The van der Waals surface area contributed by atoms with Gasteiger partial charge in [-0.1, -0.05) is 18.2 Å². The van der Waals surface area contributed by atoms with Crippen LogP contribution in [0.5, 0.6) is 0 Å². The fraction of sp³-hybridized carbons (Fsp3) is 0.250. The van der Waals surface area contributed by atoms with Crippen molar-refractivity contribution in [3.8, 4) is 0 Å². The number of rotatable bonds is 4. The van der Waals surface area contributed by atoms with Crippen LogP contribution < -0.4 is 10.6 Å². The standard InChI is InChI=1S/C16H19BrN2/c1-3-19(14-6-4-5-12(2)9-14)11-13-7-8-15(17)16(18)10-13/h4-10H,3,11,18H2,1-2H3. The first-order valence-electron chi connectivity index (χ1n) is 6.45. The molecular weight excluding hydrogens is 300 g/mol. The van der Waals surface area contributed by atoms with Gasteiger partial charge in [0.15, 0.2) is 0 Å². The Kier molecular flexibility index (Phi) is 4.48. The Morgan fingerprint density at radius 2 is 1.95 bits per heavy atom. The van der Waals surface area contributed by atoms with E-state index in [4.69, 9.17) is 5.73 Å². The number of benzene rings is 2. The highest BCUT2D eigenvalue weighted by atomic mass is 79.9. The van der Waals surface area contributed by atoms with Gasteiger partial charge in [0, 0.05) is 28.9 Å². The second-order valence-electron chi connectivity index (χ2n) is 4.71. The number of anilines is 2. The molecule has 0 unspecified atom stereocenters. The monoisotopic (exact) mass is 318 g/mol. The Morgan fingerprint density at radius 1 is 1.16 bits per heavy atom. The number of nitrogens with two attached hydrogens (primary N) is 1. The molecule has 0 aromatic heterocycles. The first-order valence-corrected chi connectivity index (χ1v) is 7.25. The fourth-order valence-corrected chi connectivity index (χ4v) is 2.37. The maximum Gasteiger partial charge on any atom is 0.0461 e. The van der Waals surface area contributed by atoms with E-state index < -0.39 is 0 Å². The molecule has 0 atom stereocenters. The average Bonchev–Trinajstić information content (AvgIpc) is 2.40. The molecule has 2 aromatic rings. The van der Waals surface area contributed by atoms with Gasteiger partial charge in [0.05, 0.1) is 0 Å². The molecule has 2 rings (SSSR count). The maximum absolute atomic E-state index is 5.94. The zero-order chi connectivity index (χ0) is 13.8. The van der Waals surface area contributed by atoms with Crippen LogP contribution >= 0.6 is 15.9 Å². The van der Waals surface area contributed by atoms with E-state index in [1.54, 1.807) is 0 Å². The lowest BCUT2D eigenvalue weighted by molar-refractivity contribution is 0.831. The molecule has 0 saturated carbocycles. The van der Waals surface area contributed by atoms with Gasteiger partial charge in [-0.05, 0) is 65.2 Å². The molecule has 3 heteroatoms. The van der Waals surface area contributed by atoms with Crippen molar-refractivity contribution in [1.29, 1.82) is 0 Å². The molecule has 19 heavy (non-hydrogen) atoms. The van der Waals surface area contributed by atoms with E-state index in [-0.39, 0.29) is 0 Å². The molecule has 0 bridgehead atoms. The molecule has 0 radical (unpaired) electrons. The van der Waals surface area contributed by atoms with Gasteiger partial charge in [0.2, 0.25) is 0 Å². The summed E-state index contributed by atoms with van der Waals surface area (Å²) in [4.78, 5) is 2.34. The smallest absolute Gasteiger partial charge is 0.0461 e. The summed E-state index contributed by atoms with van der Waals surface area (Å²) >= 11 is 3.43. The minimum atomic E-state index is 0.790. The molecule has 0 amide bonds. The molecule has 100 valence electrons. The Labute approximate surface area is 123 Å². The Hall–Kier alpha value is -1.48. The molecule has 2 aromatic carbocycles. The van der Waals surface area contributed by atoms with E-state index in [2.05, 4.69) is 65.0 Å². The second-order valence-corrected chi connectivity index (χ2v) is 5.56. The first kappa shape index (κ1) is 13.9. The van der Waals surface area contributed by atoms with Gasteiger partial charge < -0.3 is 10.6 Å². The predicted octanol–water partition coefficient (Wildman–Crippen LogP) is 4.37. The number of halogens is 1. The van der Waals surface area contributed by atoms with Crippen molar-refractivity contribution < 1.29 is 0 Å². The number of nitrogens with zero attached hydrogens (tertiary/aromatic N) is 1. The van der Waals surface area contributed by atoms with Crippen LogP contribution in [0.25, 0.3) is 0 Å². The Morgan fingerprint density at radius 3 is 2.58 bits per heavy atom. The van der Waals surface area contributed by atoms with Crippen molar-refractivity contribution in [3.05, 3.63) is 58.1 Å². The topological polar surface area (TPSA) is 29.3 Å². The van der Waals surface area contributed by atoms with Crippen LogP contribution in [-0.4, -0.2) is 6.54 Å². The Bertz CT molecular complexity index is 566. The lowest BCUT2D eigenvalue weighted by Crippen LogP contribution is -2.22. The fourth-order valence-electron chi connectivity index (χ4n) is 2.12. The van der Waals surface area contributed by atoms with Crippen molar-refractivity contribution in [3.63, 3.8) is 0 Å². The summed E-state index contributed by atoms with van der Waals surface area (Å²) in [6.07, 6.45) is 0. The summed E-state index contributed by atoms with van der Waals surface area (Å²) < 4.78 is 0.954. The van der Waals surface area contributed by atoms with E-state index in [9.17, 15) is 0 Å². The van der Waals surface area contributed by atoms with Gasteiger partial charge in [-0.15, -0.1) is 0 Å². The predicted molar refractivity (Wildman–Crippen MR) is 86.5 cm³/mol. The summed E-state index contributed by atoms with van der Waals surface area (Å²) in [6.45, 7) is 6.14. The first-order chi connectivity index (χ1) is 9.10. The van der Waals surface area contributed by atoms with Crippen molar-refractivity contribution in [2.24, 2.45) is 0 Å². The van der Waals surface area contributed by atoms with E-state index in [1.807, 2.05) is 12.1 Å². The summed E-state index contributed by atoms with van der Waals surface area (Å²) in [5.41, 5.74) is 10.5. The van der Waals surface area contributed by atoms with Crippen LogP contribution in [0.1, 0.15) is 18.1 Å². The van der Waals surface area contributed by atoms with Gasteiger partial charge in [-0.2, -0.15) is 0 Å². The number of hydrogen-bond donors (Lipinski definition) is 1. The van der Waals surface area contributed by atoms with E-state index in [0.717, 1.165) is 23.2 Å². The van der Waals surface area contributed by atoms with Gasteiger partial charge in [0.1, 0.15) is 0 Å². The molecule has 0 saturated heterocycles. The summed E-state index contributed by atoms with van der Waals surface area (Å²) in [7, 11) is 0. The number of aryl methyl sites for hydroxylation is 1. The molecule has 0 heterocycles. The highest BCUT2D eigenvalue weighted by molar-refractivity contribution is 9.10. The molecule has 0 spiro atoms. The number of hydrogen-bond acceptors (Lipinski definition) is 2. The normalized spacial score (nSPS) is 10.5. The third kappa shape index (κ3) is 3.51. The lowest BCUT2D eigenvalue weighted by atomic mass is 10.1. The molecule has 2 N–H and O–H groups in total. The van der Waals surface area contributed by atoms with Crippen LogP contribution in [0.15, 0.2) is 46.9 Å².